The molecule has 0 saturated heterocycles. The van der Waals surface area contributed by atoms with Crippen LogP contribution in [0.5, 0.6) is 0 Å². The molecule has 10 aromatic carbocycles. The van der Waals surface area contributed by atoms with Gasteiger partial charge in [0.05, 0.1) is 22.7 Å². The Morgan fingerprint density at radius 3 is 0.943 bits per heavy atom. The van der Waals surface area contributed by atoms with E-state index < -0.39 is 0 Å². The Bertz CT molecular complexity index is 3220. The van der Waals surface area contributed by atoms with Crippen molar-refractivity contribution in [1.29, 1.82) is 0 Å². The van der Waals surface area contributed by atoms with Crippen LogP contribution in [0, 0.1) is 55.4 Å². The Kier molecular flexibility index (Phi) is 12.9. The number of hydrogen-bond donors (Lipinski definition) is 0. The van der Waals surface area contributed by atoms with Gasteiger partial charge in [0.2, 0.25) is 0 Å². The largest absolute Gasteiger partial charge is 0.309 e. The third kappa shape index (κ3) is 8.63. The molecule has 0 fully saturated rings. The first kappa shape index (κ1) is 46.6. The van der Waals surface area contributed by atoms with Crippen LogP contribution in [0.4, 0.5) is 34.1 Å². The van der Waals surface area contributed by atoms with Gasteiger partial charge in [-0.15, -0.1) is 0 Å². The summed E-state index contributed by atoms with van der Waals surface area (Å²) in [5, 5.41) is 7.57. The summed E-state index contributed by atoms with van der Waals surface area (Å²) in [5.74, 6) is 0. The second kappa shape index (κ2) is 19.3. The average molecular weight is 913 g/mol. The van der Waals surface area contributed by atoms with E-state index in [-0.39, 0.29) is 0 Å². The van der Waals surface area contributed by atoms with Crippen LogP contribution >= 0.6 is 0 Å². The normalized spacial score (nSPS) is 11.6. The maximum atomic E-state index is 2.57. The second-order valence-electron chi connectivity index (χ2n) is 20.4. The molecule has 0 unspecified atom stereocenters. The molecule has 0 aliphatic rings. The van der Waals surface area contributed by atoms with Gasteiger partial charge in [0, 0.05) is 32.9 Å². The van der Waals surface area contributed by atoms with Gasteiger partial charge in [0.25, 0.3) is 0 Å². The molecule has 70 heavy (non-hydrogen) atoms. The summed E-state index contributed by atoms with van der Waals surface area (Å²) in [7, 11) is 0. The standard InChI is InChI=1S/C68H68N2/c1-11-13-15-51-37-47(7)67(48(8)38-51)69(55-29-21-45(5)22-30-55)63-41-61(53-25-17-43(3)18-26-53)57-34-36-60-64(42-62(54-27-19-44(4)20-28-54)58-33-35-59(63)65(57)66(58)60)70(56-31-23-46(6)24-32-56)68-49(9)39-52(16-14-12-2)40-50(68)10/h17-42H,11-16H2,1-10H3. The van der Waals surface area contributed by atoms with Gasteiger partial charge < -0.3 is 9.80 Å². The minimum atomic E-state index is 1.09. The Morgan fingerprint density at radius 1 is 0.329 bits per heavy atom. The summed E-state index contributed by atoms with van der Waals surface area (Å²) in [5.41, 5.74) is 25.0. The first-order chi connectivity index (χ1) is 33.9. The first-order valence-corrected chi connectivity index (χ1v) is 25.8. The molecule has 10 aromatic rings. The number of hydrogen-bond acceptors (Lipinski definition) is 2. The van der Waals surface area contributed by atoms with E-state index in [0.29, 0.717) is 0 Å². The molecular weight excluding hydrogens is 845 g/mol. The fourth-order valence-electron chi connectivity index (χ4n) is 11.3. The van der Waals surface area contributed by atoms with E-state index >= 15 is 0 Å². The zero-order valence-electron chi connectivity index (χ0n) is 43.1. The van der Waals surface area contributed by atoms with Crippen LogP contribution in [0.2, 0.25) is 0 Å². The molecule has 0 bridgehead atoms. The van der Waals surface area contributed by atoms with Crippen molar-refractivity contribution in [3.63, 3.8) is 0 Å². The minimum absolute atomic E-state index is 1.09. The summed E-state index contributed by atoms with van der Waals surface area (Å²) in [4.78, 5) is 5.15. The second-order valence-corrected chi connectivity index (χ2v) is 20.4. The molecule has 0 saturated carbocycles. The Balaban J connectivity index is 1.37. The third-order valence-electron chi connectivity index (χ3n) is 14.8. The molecule has 10 rings (SSSR count). The predicted octanol–water partition coefficient (Wildman–Crippen LogP) is 20.0. The van der Waals surface area contributed by atoms with E-state index in [9.17, 15) is 0 Å². The maximum Gasteiger partial charge on any atom is 0.0547 e. The summed E-state index contributed by atoms with van der Waals surface area (Å²) in [6.45, 7) is 22.6. The van der Waals surface area contributed by atoms with Crippen LogP contribution in [-0.2, 0) is 12.8 Å². The molecule has 0 N–H and O–H groups in total. The smallest absolute Gasteiger partial charge is 0.0547 e. The van der Waals surface area contributed by atoms with E-state index in [0.717, 1.165) is 24.2 Å². The quantitative estimate of drug-likeness (QED) is 0.100. The monoisotopic (exact) mass is 913 g/mol. The summed E-state index contributed by atoms with van der Waals surface area (Å²) >= 11 is 0. The van der Waals surface area contributed by atoms with E-state index in [4.69, 9.17) is 0 Å². The van der Waals surface area contributed by atoms with Gasteiger partial charge in [-0.2, -0.15) is 0 Å². The fourth-order valence-corrected chi connectivity index (χ4v) is 11.3. The molecule has 0 aliphatic heterocycles. The predicted molar refractivity (Wildman–Crippen MR) is 306 cm³/mol. The minimum Gasteiger partial charge on any atom is -0.309 e. The molecule has 2 nitrogen and oxygen atoms in total. The zero-order valence-corrected chi connectivity index (χ0v) is 43.1. The van der Waals surface area contributed by atoms with Gasteiger partial charge in [0.15, 0.2) is 0 Å². The lowest BCUT2D eigenvalue weighted by Crippen LogP contribution is -2.15. The van der Waals surface area contributed by atoms with Gasteiger partial charge in [-0.25, -0.2) is 0 Å². The summed E-state index contributed by atoms with van der Waals surface area (Å²) < 4.78 is 0. The number of benzene rings is 10. The van der Waals surface area contributed by atoms with Crippen LogP contribution < -0.4 is 9.80 Å². The van der Waals surface area contributed by atoms with E-state index in [1.54, 1.807) is 0 Å². The molecule has 350 valence electrons. The van der Waals surface area contributed by atoms with Gasteiger partial charge in [0.1, 0.15) is 0 Å². The Morgan fingerprint density at radius 2 is 0.629 bits per heavy atom. The number of aryl methyl sites for hydroxylation is 10. The highest BCUT2D eigenvalue weighted by Crippen LogP contribution is 2.53. The molecular formula is C68H68N2. The van der Waals surface area contributed by atoms with Gasteiger partial charge in [-0.3, -0.25) is 0 Å². The van der Waals surface area contributed by atoms with Crippen molar-refractivity contribution in [2.45, 2.75) is 108 Å². The van der Waals surface area contributed by atoms with Crippen LogP contribution in [0.1, 0.15) is 95.2 Å². The topological polar surface area (TPSA) is 6.48 Å². The van der Waals surface area contributed by atoms with Crippen molar-refractivity contribution in [3.05, 3.63) is 213 Å². The van der Waals surface area contributed by atoms with Crippen LogP contribution in [0.3, 0.4) is 0 Å². The van der Waals surface area contributed by atoms with Gasteiger partial charge in [-0.1, -0.05) is 170 Å². The highest BCUT2D eigenvalue weighted by molar-refractivity contribution is 6.32. The zero-order chi connectivity index (χ0) is 48.8. The Labute approximate surface area is 417 Å². The maximum absolute atomic E-state index is 2.57. The first-order valence-electron chi connectivity index (χ1n) is 25.8. The summed E-state index contributed by atoms with van der Waals surface area (Å²) in [6, 6.07) is 61.1. The lowest BCUT2D eigenvalue weighted by molar-refractivity contribution is 0.794. The lowest BCUT2D eigenvalue weighted by Gasteiger charge is -2.33. The van der Waals surface area contributed by atoms with Crippen molar-refractivity contribution in [3.8, 4) is 22.3 Å². The van der Waals surface area contributed by atoms with Gasteiger partial charge in [-0.05, 0) is 184 Å². The van der Waals surface area contributed by atoms with Crippen LogP contribution in [0.15, 0.2) is 158 Å². The molecule has 0 aromatic heterocycles. The average Bonchev–Trinajstić information content (AvgIpc) is 3.35. The molecule has 0 atom stereocenters. The highest BCUT2D eigenvalue weighted by atomic mass is 15.2. The van der Waals surface area contributed by atoms with Crippen molar-refractivity contribution in [2.24, 2.45) is 0 Å². The van der Waals surface area contributed by atoms with Crippen molar-refractivity contribution in [1.82, 2.24) is 0 Å². The Hall–Kier alpha value is -7.16. The molecule has 0 spiro atoms. The third-order valence-corrected chi connectivity index (χ3v) is 14.8. The van der Waals surface area contributed by atoms with Crippen molar-refractivity contribution in [2.75, 3.05) is 9.80 Å². The van der Waals surface area contributed by atoms with E-state index in [2.05, 4.69) is 237 Å². The molecule has 0 amide bonds. The summed E-state index contributed by atoms with van der Waals surface area (Å²) in [6.07, 6.45) is 6.92. The molecule has 2 heteroatoms. The SMILES string of the molecule is CCCCc1cc(C)c(N(c2ccc(C)cc2)c2cc(-c3ccc(C)cc3)c3ccc4c(N(c5ccc(C)cc5)c5c(C)cc(CCCC)cc5C)cc(-c5ccc(C)cc5)c5ccc2c3c54)c(C)c1. The molecule has 0 aliphatic carbocycles. The highest BCUT2D eigenvalue weighted by Gasteiger charge is 2.28. The molecule has 0 heterocycles. The van der Waals surface area contributed by atoms with Crippen molar-refractivity contribution < 1.29 is 0 Å². The number of nitrogens with zero attached hydrogens (tertiary/aromatic N) is 2. The number of rotatable bonds is 14. The molecule has 0 radical (unpaired) electrons. The lowest BCUT2D eigenvalue weighted by atomic mass is 9.84. The van der Waals surface area contributed by atoms with Crippen molar-refractivity contribution >= 4 is 66.4 Å². The fraction of sp³-hybridized carbons (Fsp3) is 0.235. The van der Waals surface area contributed by atoms with Gasteiger partial charge >= 0.3 is 0 Å². The van der Waals surface area contributed by atoms with Crippen LogP contribution in [0.25, 0.3) is 54.6 Å². The number of anilines is 6. The van der Waals surface area contributed by atoms with E-state index in [1.807, 2.05) is 0 Å². The van der Waals surface area contributed by atoms with Crippen LogP contribution in [-0.4, -0.2) is 0 Å². The number of unbranched alkanes of at least 4 members (excludes halogenated alkanes) is 2. The van der Waals surface area contributed by atoms with E-state index in [1.165, 1.54) is 159 Å².